The van der Waals surface area contributed by atoms with Gasteiger partial charge in [0, 0.05) is 18.5 Å². The summed E-state index contributed by atoms with van der Waals surface area (Å²) >= 11 is 1.62. The lowest BCUT2D eigenvalue weighted by Gasteiger charge is -2.05. The number of rotatable bonds is 7. The summed E-state index contributed by atoms with van der Waals surface area (Å²) in [7, 11) is 0. The predicted octanol–water partition coefficient (Wildman–Crippen LogP) is 3.74. The van der Waals surface area contributed by atoms with E-state index in [0.717, 1.165) is 46.6 Å². The highest BCUT2D eigenvalue weighted by Crippen LogP contribution is 2.32. The van der Waals surface area contributed by atoms with Crippen molar-refractivity contribution in [1.29, 1.82) is 0 Å². The van der Waals surface area contributed by atoms with Crippen LogP contribution in [0.5, 0.6) is 17.2 Å². The zero-order valence-electron chi connectivity index (χ0n) is 13.6. The molecule has 0 radical (unpaired) electrons. The Kier molecular flexibility index (Phi) is 4.81. The van der Waals surface area contributed by atoms with Crippen molar-refractivity contribution in [1.82, 2.24) is 10.3 Å². The summed E-state index contributed by atoms with van der Waals surface area (Å²) in [4.78, 5) is 4.60. The van der Waals surface area contributed by atoms with E-state index >= 15 is 0 Å². The average Bonchev–Trinajstić information content (AvgIpc) is 3.29. The minimum Gasteiger partial charge on any atom is -0.486 e. The van der Waals surface area contributed by atoms with E-state index in [1.807, 2.05) is 48.5 Å². The highest BCUT2D eigenvalue weighted by molar-refractivity contribution is 7.09. The molecule has 5 nitrogen and oxygen atoms in total. The van der Waals surface area contributed by atoms with Gasteiger partial charge in [0.05, 0.1) is 5.69 Å². The van der Waals surface area contributed by atoms with Crippen LogP contribution in [0, 0.1) is 0 Å². The Labute approximate surface area is 150 Å². The van der Waals surface area contributed by atoms with Crippen molar-refractivity contribution in [3.05, 3.63) is 70.2 Å². The van der Waals surface area contributed by atoms with Crippen molar-refractivity contribution < 1.29 is 14.2 Å². The Morgan fingerprint density at radius 3 is 2.84 bits per heavy atom. The molecular weight excluding hydrogens is 336 g/mol. The van der Waals surface area contributed by atoms with Crippen LogP contribution in [0.15, 0.2) is 53.9 Å². The van der Waals surface area contributed by atoms with E-state index < -0.39 is 0 Å². The van der Waals surface area contributed by atoms with Crippen molar-refractivity contribution in [2.75, 3.05) is 6.79 Å². The average molecular weight is 354 g/mol. The van der Waals surface area contributed by atoms with Gasteiger partial charge in [0.2, 0.25) is 6.79 Å². The van der Waals surface area contributed by atoms with Crippen LogP contribution in [0.3, 0.4) is 0 Å². The molecule has 0 fully saturated rings. The van der Waals surface area contributed by atoms with Crippen LogP contribution in [0.25, 0.3) is 0 Å². The van der Waals surface area contributed by atoms with E-state index in [9.17, 15) is 0 Å². The summed E-state index contributed by atoms with van der Waals surface area (Å²) in [6, 6.07) is 15.8. The maximum absolute atomic E-state index is 5.72. The van der Waals surface area contributed by atoms with Crippen LogP contribution in [-0.4, -0.2) is 11.8 Å². The molecule has 128 valence electrons. The van der Waals surface area contributed by atoms with E-state index in [0.29, 0.717) is 13.4 Å². The van der Waals surface area contributed by atoms with Crippen molar-refractivity contribution in [3.63, 3.8) is 0 Å². The fraction of sp³-hybridized carbons (Fsp3) is 0.211. The largest absolute Gasteiger partial charge is 0.486 e. The minimum atomic E-state index is 0.304. The van der Waals surface area contributed by atoms with Gasteiger partial charge in [-0.3, -0.25) is 0 Å². The molecule has 4 rings (SSSR count). The Morgan fingerprint density at radius 1 is 1.04 bits per heavy atom. The van der Waals surface area contributed by atoms with Crippen molar-refractivity contribution in [3.8, 4) is 17.2 Å². The summed E-state index contributed by atoms with van der Waals surface area (Å²) in [6.07, 6.45) is 0. The molecule has 0 amide bonds. The van der Waals surface area contributed by atoms with E-state index in [1.54, 1.807) is 11.3 Å². The summed E-state index contributed by atoms with van der Waals surface area (Å²) in [5.41, 5.74) is 2.18. The summed E-state index contributed by atoms with van der Waals surface area (Å²) < 4.78 is 16.4. The van der Waals surface area contributed by atoms with Gasteiger partial charge < -0.3 is 19.5 Å². The highest BCUT2D eigenvalue weighted by atomic mass is 32.1. The number of ether oxygens (including phenoxy) is 3. The first-order chi connectivity index (χ1) is 12.4. The Bertz CT molecular complexity index is 836. The van der Waals surface area contributed by atoms with Gasteiger partial charge in [-0.15, -0.1) is 11.3 Å². The van der Waals surface area contributed by atoms with Gasteiger partial charge in [0.1, 0.15) is 17.4 Å². The quantitative estimate of drug-likeness (QED) is 0.700. The standard InChI is InChI=1S/C19H18N2O3S/c1-2-4-16(5-3-1)22-11-19-21-15(12-25-19)10-20-9-14-6-7-17-18(8-14)24-13-23-17/h1-8,12,20H,9-11,13H2. The van der Waals surface area contributed by atoms with Gasteiger partial charge in [-0.05, 0) is 29.8 Å². The van der Waals surface area contributed by atoms with Gasteiger partial charge in [0.15, 0.2) is 11.5 Å². The van der Waals surface area contributed by atoms with Gasteiger partial charge in [0.25, 0.3) is 0 Å². The first-order valence-corrected chi connectivity index (χ1v) is 8.95. The SMILES string of the molecule is c1ccc(OCc2nc(CNCc3ccc4c(c3)OCO4)cs2)cc1. The van der Waals surface area contributed by atoms with Crippen LogP contribution in [-0.2, 0) is 19.7 Å². The van der Waals surface area contributed by atoms with Crippen LogP contribution in [0.2, 0.25) is 0 Å². The maximum Gasteiger partial charge on any atom is 0.231 e. The molecular formula is C19H18N2O3S. The third-order valence-corrected chi connectivity index (χ3v) is 4.65. The number of fused-ring (bicyclic) bond motifs is 1. The van der Waals surface area contributed by atoms with E-state index in [4.69, 9.17) is 14.2 Å². The molecule has 1 aliphatic rings. The first-order valence-electron chi connectivity index (χ1n) is 8.07. The number of thiazole rings is 1. The van der Waals surface area contributed by atoms with Gasteiger partial charge >= 0.3 is 0 Å². The molecule has 0 spiro atoms. The smallest absolute Gasteiger partial charge is 0.231 e. The normalized spacial score (nSPS) is 12.3. The monoisotopic (exact) mass is 354 g/mol. The minimum absolute atomic E-state index is 0.304. The van der Waals surface area contributed by atoms with E-state index in [2.05, 4.69) is 15.7 Å². The molecule has 0 aliphatic carbocycles. The first kappa shape index (κ1) is 15.9. The van der Waals surface area contributed by atoms with Gasteiger partial charge in [-0.1, -0.05) is 24.3 Å². The molecule has 0 saturated heterocycles. The van der Waals surface area contributed by atoms with Crippen molar-refractivity contribution >= 4 is 11.3 Å². The number of nitrogens with one attached hydrogen (secondary N) is 1. The second-order valence-electron chi connectivity index (χ2n) is 5.63. The third kappa shape index (κ3) is 4.10. The Hall–Kier alpha value is -2.57. The van der Waals surface area contributed by atoms with Crippen molar-refractivity contribution in [2.24, 2.45) is 0 Å². The zero-order valence-corrected chi connectivity index (χ0v) is 14.4. The summed E-state index contributed by atoms with van der Waals surface area (Å²) in [6.45, 7) is 2.27. The second-order valence-corrected chi connectivity index (χ2v) is 6.57. The Morgan fingerprint density at radius 2 is 1.92 bits per heavy atom. The molecule has 1 aliphatic heterocycles. The lowest BCUT2D eigenvalue weighted by Crippen LogP contribution is -2.13. The summed E-state index contributed by atoms with van der Waals surface area (Å²) in [5.74, 6) is 2.49. The predicted molar refractivity (Wildman–Crippen MR) is 96.0 cm³/mol. The molecule has 2 aromatic carbocycles. The molecule has 0 atom stereocenters. The second kappa shape index (κ2) is 7.55. The number of benzene rings is 2. The fourth-order valence-corrected chi connectivity index (χ4v) is 3.25. The lowest BCUT2D eigenvalue weighted by molar-refractivity contribution is 0.174. The van der Waals surface area contributed by atoms with Crippen molar-refractivity contribution in [2.45, 2.75) is 19.7 Å². The number of para-hydroxylation sites is 1. The fourth-order valence-electron chi connectivity index (χ4n) is 2.54. The lowest BCUT2D eigenvalue weighted by atomic mass is 10.2. The summed E-state index contributed by atoms with van der Waals surface area (Å²) in [5, 5.41) is 6.44. The molecule has 1 aromatic heterocycles. The van der Waals surface area contributed by atoms with Crippen LogP contribution < -0.4 is 19.5 Å². The third-order valence-electron chi connectivity index (χ3n) is 3.78. The van der Waals surface area contributed by atoms with Gasteiger partial charge in [-0.25, -0.2) is 4.98 Å². The highest BCUT2D eigenvalue weighted by Gasteiger charge is 2.13. The van der Waals surface area contributed by atoms with Crippen LogP contribution in [0.1, 0.15) is 16.3 Å². The molecule has 0 unspecified atom stereocenters. The molecule has 1 N–H and O–H groups in total. The van der Waals surface area contributed by atoms with Gasteiger partial charge in [-0.2, -0.15) is 0 Å². The molecule has 2 heterocycles. The van der Waals surface area contributed by atoms with Crippen LogP contribution in [0.4, 0.5) is 0 Å². The van der Waals surface area contributed by atoms with E-state index in [-0.39, 0.29) is 0 Å². The molecule has 0 bridgehead atoms. The molecule has 6 heteroatoms. The number of nitrogens with zero attached hydrogens (tertiary/aromatic N) is 1. The van der Waals surface area contributed by atoms with Crippen LogP contribution >= 0.6 is 11.3 Å². The molecule has 25 heavy (non-hydrogen) atoms. The number of hydrogen-bond donors (Lipinski definition) is 1. The molecule has 0 saturated carbocycles. The Balaban J connectivity index is 1.25. The zero-order chi connectivity index (χ0) is 16.9. The maximum atomic E-state index is 5.72. The number of hydrogen-bond acceptors (Lipinski definition) is 6. The topological polar surface area (TPSA) is 52.6 Å². The van der Waals surface area contributed by atoms with E-state index in [1.165, 1.54) is 0 Å². The molecule has 3 aromatic rings. The number of aromatic nitrogens is 1.